The molecular weight excluding hydrogens is 215 g/mol. The molecule has 8 N–H and O–H groups in total. The highest BCUT2D eigenvalue weighted by Crippen LogP contribution is 2.18. The van der Waals surface area contributed by atoms with Gasteiger partial charge in [-0.15, -0.1) is 0 Å². The summed E-state index contributed by atoms with van der Waals surface area (Å²) in [5, 5.41) is 0. The Bertz CT molecular complexity index is 292. The van der Waals surface area contributed by atoms with Crippen LogP contribution >= 0.6 is 7.82 Å². The maximum Gasteiger partial charge on any atom is 0.262 e. The lowest BCUT2D eigenvalue weighted by atomic mass is 10.9. The molecule has 0 fully saturated rings. The minimum atomic E-state index is -4.89. The second kappa shape index (κ2) is 4.67. The molecule has 11 heteroatoms. The largest absolute Gasteiger partial charge is 0.756 e. The fourth-order valence-corrected chi connectivity index (χ4v) is 0.427. The standard InChI is InChI=1S/C3H6N6.H3O4P/c4-1-7-2(5)9-3(6)8-1;1-5(2,3)4/h(H6,4,5,6,7,8,9);(H3,1,2,3,4)/p-1. The number of anilines is 3. The molecule has 0 aliphatic heterocycles. The lowest BCUT2D eigenvalue weighted by Gasteiger charge is -2.01. The summed E-state index contributed by atoms with van der Waals surface area (Å²) in [5.74, 6) is 0.125. The first-order chi connectivity index (χ1) is 6.18. The van der Waals surface area contributed by atoms with Gasteiger partial charge in [0, 0.05) is 0 Å². The highest BCUT2D eigenvalue weighted by molar-refractivity contribution is 7.43. The fraction of sp³-hybridized carbons (Fsp3) is 0. The van der Waals surface area contributed by atoms with Gasteiger partial charge in [0.25, 0.3) is 7.82 Å². The quantitative estimate of drug-likeness (QED) is 0.283. The Hall–Kier alpha value is -1.48. The van der Waals surface area contributed by atoms with Crippen LogP contribution in [0.4, 0.5) is 17.8 Å². The van der Waals surface area contributed by atoms with Crippen LogP contribution in [-0.2, 0) is 4.57 Å². The third kappa shape index (κ3) is 8.62. The molecule has 0 radical (unpaired) electrons. The first kappa shape index (κ1) is 12.5. The monoisotopic (exact) mass is 223 g/mol. The van der Waals surface area contributed by atoms with Crippen LogP contribution in [0.15, 0.2) is 0 Å². The van der Waals surface area contributed by atoms with E-state index in [1.54, 1.807) is 0 Å². The molecule has 0 amide bonds. The number of hydrogen-bond acceptors (Lipinski definition) is 8. The molecule has 0 saturated carbocycles. The normalized spacial score (nSPS) is 10.2. The molecule has 0 atom stereocenters. The smallest absolute Gasteiger partial charge is 0.262 e. The molecule has 1 heterocycles. The van der Waals surface area contributed by atoms with Crippen molar-refractivity contribution in [3.05, 3.63) is 0 Å². The summed E-state index contributed by atoms with van der Waals surface area (Å²) in [5.41, 5.74) is 15.4. The number of nitrogen functional groups attached to an aromatic ring is 3. The van der Waals surface area contributed by atoms with Crippen LogP contribution < -0.4 is 22.1 Å². The summed E-state index contributed by atoms with van der Waals surface area (Å²) in [6, 6.07) is 0. The Balaban J connectivity index is 0.000000292. The van der Waals surface area contributed by atoms with Crippen LogP contribution in [0.1, 0.15) is 0 Å². The second-order valence-electron chi connectivity index (χ2n) is 1.90. The molecule has 1 rings (SSSR count). The average Bonchev–Trinajstić information content (AvgIpc) is 1.77. The molecule has 14 heavy (non-hydrogen) atoms. The van der Waals surface area contributed by atoms with Crippen LogP contribution in [0.2, 0.25) is 0 Å². The summed E-state index contributed by atoms with van der Waals surface area (Å²) < 4.78 is 8.77. The number of rotatable bonds is 0. The van der Waals surface area contributed by atoms with Crippen molar-refractivity contribution in [2.45, 2.75) is 0 Å². The molecule has 80 valence electrons. The van der Waals surface area contributed by atoms with Crippen molar-refractivity contribution in [3.63, 3.8) is 0 Å². The Labute approximate surface area is 78.0 Å². The Kier molecular flexibility index (Phi) is 4.18. The molecule has 1 aromatic rings. The predicted octanol–water partition coefficient (Wildman–Crippen LogP) is -2.94. The summed E-state index contributed by atoms with van der Waals surface area (Å²) in [6.45, 7) is 0. The zero-order chi connectivity index (χ0) is 11.4. The number of aromatic nitrogens is 3. The summed E-state index contributed by atoms with van der Waals surface area (Å²) in [6.07, 6.45) is 0. The number of phosphoric acid groups is 1. The fourth-order valence-electron chi connectivity index (χ4n) is 0.427. The number of nitrogens with two attached hydrogens (primary N) is 3. The molecule has 0 aliphatic carbocycles. The topological polar surface area (TPSA) is 197 Å². The van der Waals surface area contributed by atoms with E-state index < -0.39 is 7.82 Å². The average molecular weight is 223 g/mol. The zero-order valence-corrected chi connectivity index (χ0v) is 7.63. The number of nitrogens with zero attached hydrogens (tertiary/aromatic N) is 3. The van der Waals surface area contributed by atoms with Gasteiger partial charge in [-0.05, 0) is 0 Å². The molecule has 0 aromatic carbocycles. The van der Waals surface area contributed by atoms with Crippen molar-refractivity contribution in [1.82, 2.24) is 15.0 Å². The van der Waals surface area contributed by atoms with Crippen LogP contribution in [-0.4, -0.2) is 24.7 Å². The van der Waals surface area contributed by atoms with E-state index >= 15 is 0 Å². The number of hydrogen-bond donors (Lipinski definition) is 5. The maximum atomic E-state index is 8.77. The van der Waals surface area contributed by atoms with E-state index in [1.165, 1.54) is 0 Å². The van der Waals surface area contributed by atoms with Crippen molar-refractivity contribution in [3.8, 4) is 0 Å². The van der Waals surface area contributed by atoms with Crippen molar-refractivity contribution in [1.29, 1.82) is 0 Å². The molecule has 10 nitrogen and oxygen atoms in total. The first-order valence-electron chi connectivity index (χ1n) is 2.97. The first-order valence-corrected chi connectivity index (χ1v) is 4.50. The SMILES string of the molecule is Nc1nc(N)nc(N)n1.O=P([O-])(O)O. The van der Waals surface area contributed by atoms with Gasteiger partial charge in [0.1, 0.15) is 0 Å². The lowest BCUT2D eigenvalue weighted by Crippen LogP contribution is -2.05. The summed E-state index contributed by atoms with van der Waals surface area (Å²) in [4.78, 5) is 33.4. The van der Waals surface area contributed by atoms with Crippen molar-refractivity contribution < 1.29 is 19.2 Å². The van der Waals surface area contributed by atoms with Crippen molar-refractivity contribution in [2.75, 3.05) is 17.2 Å². The summed E-state index contributed by atoms with van der Waals surface area (Å²) in [7, 11) is -4.89. The van der Waals surface area contributed by atoms with Gasteiger partial charge in [-0.2, -0.15) is 15.0 Å². The van der Waals surface area contributed by atoms with Crippen molar-refractivity contribution >= 4 is 25.7 Å². The van der Waals surface area contributed by atoms with E-state index in [0.717, 1.165) is 0 Å². The minimum absolute atomic E-state index is 0.0417. The Morgan fingerprint density at radius 1 is 1.00 bits per heavy atom. The molecular formula is C3H8N6O4P-. The molecule has 0 bridgehead atoms. The van der Waals surface area contributed by atoms with E-state index in [-0.39, 0.29) is 17.8 Å². The van der Waals surface area contributed by atoms with E-state index in [4.69, 9.17) is 36.4 Å². The van der Waals surface area contributed by atoms with E-state index in [1.807, 2.05) is 0 Å². The van der Waals surface area contributed by atoms with Crippen LogP contribution in [0.5, 0.6) is 0 Å². The van der Waals surface area contributed by atoms with Gasteiger partial charge in [-0.1, -0.05) is 0 Å². The zero-order valence-electron chi connectivity index (χ0n) is 6.73. The van der Waals surface area contributed by atoms with Gasteiger partial charge in [0.05, 0.1) is 0 Å². The van der Waals surface area contributed by atoms with Crippen LogP contribution in [0.3, 0.4) is 0 Å². The van der Waals surface area contributed by atoms with E-state index in [2.05, 4.69) is 15.0 Å². The highest BCUT2D eigenvalue weighted by atomic mass is 31.2. The maximum absolute atomic E-state index is 8.77. The van der Waals surface area contributed by atoms with Crippen LogP contribution in [0, 0.1) is 0 Å². The van der Waals surface area contributed by atoms with Crippen LogP contribution in [0.25, 0.3) is 0 Å². The van der Waals surface area contributed by atoms with E-state index in [0.29, 0.717) is 0 Å². The van der Waals surface area contributed by atoms with Gasteiger partial charge in [-0.25, -0.2) is 0 Å². The van der Waals surface area contributed by atoms with Gasteiger partial charge >= 0.3 is 0 Å². The predicted molar refractivity (Wildman–Crippen MR) is 45.1 cm³/mol. The highest BCUT2D eigenvalue weighted by Gasteiger charge is 1.93. The van der Waals surface area contributed by atoms with Gasteiger partial charge in [0.2, 0.25) is 17.8 Å². The Morgan fingerprint density at radius 3 is 1.29 bits per heavy atom. The minimum Gasteiger partial charge on any atom is -0.756 e. The van der Waals surface area contributed by atoms with Gasteiger partial charge in [0.15, 0.2) is 0 Å². The Morgan fingerprint density at radius 2 is 1.14 bits per heavy atom. The van der Waals surface area contributed by atoms with Gasteiger partial charge < -0.3 is 31.9 Å². The third-order valence-corrected chi connectivity index (χ3v) is 0.687. The molecule has 1 aromatic heterocycles. The molecule has 0 aliphatic rings. The summed E-state index contributed by atoms with van der Waals surface area (Å²) >= 11 is 0. The molecule has 0 saturated heterocycles. The van der Waals surface area contributed by atoms with Crippen molar-refractivity contribution in [2.24, 2.45) is 0 Å². The lowest BCUT2D eigenvalue weighted by molar-refractivity contribution is -0.214. The molecule has 0 unspecified atom stereocenters. The second-order valence-corrected chi connectivity index (χ2v) is 2.88. The van der Waals surface area contributed by atoms with E-state index in [9.17, 15) is 0 Å². The van der Waals surface area contributed by atoms with Gasteiger partial charge in [-0.3, -0.25) is 4.57 Å². The molecule has 0 spiro atoms. The third-order valence-electron chi connectivity index (χ3n) is 0.687.